The number of likely N-dealkylation sites (tertiary alicyclic amines) is 1. The number of hydrogen-bond acceptors (Lipinski definition) is 5. The van der Waals surface area contributed by atoms with Gasteiger partial charge in [-0.25, -0.2) is 14.6 Å². The zero-order valence-electron chi connectivity index (χ0n) is 16.4. The zero-order chi connectivity index (χ0) is 20.3. The Balaban J connectivity index is 1.53. The Morgan fingerprint density at radius 3 is 2.37 bits per heavy atom. The quantitative estimate of drug-likeness (QED) is 0.360. The van der Waals surface area contributed by atoms with Crippen LogP contribution in [-0.2, 0) is 4.79 Å². The number of fused-ring (bicyclic) bond motifs is 1. The Morgan fingerprint density at radius 1 is 0.933 bits per heavy atom. The molecule has 6 nitrogen and oxygen atoms in total. The van der Waals surface area contributed by atoms with E-state index in [-0.39, 0.29) is 11.2 Å². The van der Waals surface area contributed by atoms with E-state index in [4.69, 9.17) is 0 Å². The van der Waals surface area contributed by atoms with Gasteiger partial charge < -0.3 is 4.90 Å². The van der Waals surface area contributed by atoms with Crippen LogP contribution in [0.25, 0.3) is 16.7 Å². The molecular weight excluding hydrogens is 394 g/mol. The van der Waals surface area contributed by atoms with Crippen LogP contribution in [-0.4, -0.2) is 43.6 Å². The average Bonchev–Trinajstić information content (AvgIpc) is 3.49. The third-order valence-corrected chi connectivity index (χ3v) is 6.56. The predicted molar refractivity (Wildman–Crippen MR) is 118 cm³/mol. The van der Waals surface area contributed by atoms with Crippen LogP contribution in [0.3, 0.4) is 0 Å². The van der Waals surface area contributed by atoms with Crippen LogP contribution in [0.2, 0.25) is 0 Å². The Morgan fingerprint density at radius 2 is 1.63 bits per heavy atom. The fourth-order valence-corrected chi connectivity index (χ4v) is 4.92. The number of carbonyl (C=O) groups is 1. The van der Waals surface area contributed by atoms with E-state index in [0.717, 1.165) is 53.2 Å². The molecule has 4 aromatic rings. The minimum atomic E-state index is -0.345. The van der Waals surface area contributed by atoms with Gasteiger partial charge in [0, 0.05) is 13.1 Å². The minimum absolute atomic E-state index is 0.144. The Hall–Kier alpha value is -3.19. The molecule has 0 saturated carbocycles. The molecule has 0 bridgehead atoms. The summed E-state index contributed by atoms with van der Waals surface area (Å²) in [5, 5.41) is 5.80. The largest absolute Gasteiger partial charge is 0.341 e. The highest BCUT2D eigenvalue weighted by atomic mass is 32.2. The van der Waals surface area contributed by atoms with E-state index in [2.05, 4.69) is 15.1 Å². The van der Waals surface area contributed by atoms with Crippen molar-refractivity contribution in [2.75, 3.05) is 13.1 Å². The molecule has 1 saturated heterocycles. The molecule has 0 spiro atoms. The summed E-state index contributed by atoms with van der Waals surface area (Å²) in [6, 6.07) is 19.8. The Bertz CT molecular complexity index is 1160. The van der Waals surface area contributed by atoms with Gasteiger partial charge in [0.05, 0.1) is 17.3 Å². The number of amides is 1. The lowest BCUT2D eigenvalue weighted by Crippen LogP contribution is -2.31. The first-order valence-corrected chi connectivity index (χ1v) is 10.9. The van der Waals surface area contributed by atoms with E-state index in [9.17, 15) is 4.79 Å². The number of hydrogen-bond donors (Lipinski definition) is 0. The van der Waals surface area contributed by atoms with Crippen LogP contribution in [0.1, 0.15) is 23.7 Å². The number of para-hydroxylation sites is 1. The van der Waals surface area contributed by atoms with E-state index in [1.807, 2.05) is 65.6 Å². The van der Waals surface area contributed by atoms with Gasteiger partial charge in [-0.15, -0.1) is 0 Å². The molecule has 1 aliphatic rings. The lowest BCUT2D eigenvalue weighted by Gasteiger charge is -2.23. The fraction of sp³-hybridized carbons (Fsp3) is 0.217. The molecule has 30 heavy (non-hydrogen) atoms. The van der Waals surface area contributed by atoms with Crippen molar-refractivity contribution in [1.29, 1.82) is 0 Å². The number of carbonyl (C=O) groups excluding carboxylic acids is 1. The van der Waals surface area contributed by atoms with Crippen molar-refractivity contribution in [3.63, 3.8) is 0 Å². The van der Waals surface area contributed by atoms with Crippen molar-refractivity contribution in [3.8, 4) is 5.69 Å². The maximum atomic E-state index is 13.4. The SMILES string of the molecule is O=C([C@H](Sc1ncnc2c1cnn2-c1ccccc1)c1ccccc1)N1CCCC1. The number of aromatic nitrogens is 4. The summed E-state index contributed by atoms with van der Waals surface area (Å²) in [4.78, 5) is 24.3. The molecule has 5 rings (SSSR count). The molecule has 2 aromatic carbocycles. The highest BCUT2D eigenvalue weighted by Crippen LogP contribution is 2.39. The number of rotatable bonds is 5. The van der Waals surface area contributed by atoms with Gasteiger partial charge in [0.25, 0.3) is 0 Å². The van der Waals surface area contributed by atoms with Crippen LogP contribution in [0.5, 0.6) is 0 Å². The monoisotopic (exact) mass is 415 g/mol. The van der Waals surface area contributed by atoms with Gasteiger partial charge in [-0.1, -0.05) is 60.3 Å². The molecule has 1 fully saturated rings. The van der Waals surface area contributed by atoms with Crippen LogP contribution >= 0.6 is 11.8 Å². The van der Waals surface area contributed by atoms with Gasteiger partial charge in [-0.3, -0.25) is 4.79 Å². The predicted octanol–water partition coefficient (Wildman–Crippen LogP) is 4.27. The maximum absolute atomic E-state index is 13.4. The summed E-state index contributed by atoms with van der Waals surface area (Å²) < 4.78 is 1.81. The second kappa shape index (κ2) is 8.28. The molecule has 0 unspecified atom stereocenters. The fourth-order valence-electron chi connectivity index (χ4n) is 3.78. The van der Waals surface area contributed by atoms with Gasteiger partial charge >= 0.3 is 0 Å². The third-order valence-electron chi connectivity index (χ3n) is 5.30. The van der Waals surface area contributed by atoms with Crippen molar-refractivity contribution in [1.82, 2.24) is 24.6 Å². The van der Waals surface area contributed by atoms with E-state index in [0.29, 0.717) is 0 Å². The molecule has 1 aliphatic heterocycles. The summed E-state index contributed by atoms with van der Waals surface area (Å²) in [6.07, 6.45) is 5.47. The topological polar surface area (TPSA) is 63.9 Å². The summed E-state index contributed by atoms with van der Waals surface area (Å²) in [6.45, 7) is 1.65. The van der Waals surface area contributed by atoms with Crippen molar-refractivity contribution in [3.05, 3.63) is 78.8 Å². The lowest BCUT2D eigenvalue weighted by molar-refractivity contribution is -0.129. The van der Waals surface area contributed by atoms with Gasteiger partial charge in [-0.05, 0) is 30.5 Å². The molecule has 150 valence electrons. The number of nitrogens with zero attached hydrogens (tertiary/aromatic N) is 5. The van der Waals surface area contributed by atoms with Crippen LogP contribution in [0.15, 0.2) is 78.2 Å². The summed E-state index contributed by atoms with van der Waals surface area (Å²) in [5.41, 5.74) is 2.66. The van der Waals surface area contributed by atoms with Crippen LogP contribution < -0.4 is 0 Å². The van der Waals surface area contributed by atoms with E-state index in [1.54, 1.807) is 17.2 Å². The van der Waals surface area contributed by atoms with Crippen molar-refractivity contribution in [2.24, 2.45) is 0 Å². The molecule has 1 atom stereocenters. The summed E-state index contributed by atoms with van der Waals surface area (Å²) >= 11 is 1.48. The maximum Gasteiger partial charge on any atom is 0.240 e. The first kappa shape index (κ1) is 18.8. The molecule has 0 aliphatic carbocycles. The molecule has 7 heteroatoms. The molecule has 3 heterocycles. The highest BCUT2D eigenvalue weighted by molar-refractivity contribution is 8.00. The van der Waals surface area contributed by atoms with E-state index >= 15 is 0 Å². The second-order valence-corrected chi connectivity index (χ2v) is 8.34. The first-order chi connectivity index (χ1) is 14.8. The van der Waals surface area contributed by atoms with E-state index < -0.39 is 0 Å². The molecule has 0 radical (unpaired) electrons. The van der Waals surface area contributed by atoms with Crippen molar-refractivity contribution < 1.29 is 4.79 Å². The Labute approximate surface area is 179 Å². The number of thioether (sulfide) groups is 1. The third kappa shape index (κ3) is 3.57. The second-order valence-electron chi connectivity index (χ2n) is 7.25. The molecule has 0 N–H and O–H groups in total. The van der Waals surface area contributed by atoms with Gasteiger partial charge in [0.2, 0.25) is 5.91 Å². The van der Waals surface area contributed by atoms with Crippen LogP contribution in [0.4, 0.5) is 0 Å². The van der Waals surface area contributed by atoms with Crippen molar-refractivity contribution in [2.45, 2.75) is 23.1 Å². The normalized spacial score (nSPS) is 14.9. The first-order valence-electron chi connectivity index (χ1n) is 10.1. The summed E-state index contributed by atoms with van der Waals surface area (Å²) in [7, 11) is 0. The molecule has 1 amide bonds. The molecule has 2 aromatic heterocycles. The summed E-state index contributed by atoms with van der Waals surface area (Å²) in [5.74, 6) is 0.144. The lowest BCUT2D eigenvalue weighted by atomic mass is 10.1. The minimum Gasteiger partial charge on any atom is -0.341 e. The average molecular weight is 416 g/mol. The van der Waals surface area contributed by atoms with Gasteiger partial charge in [0.15, 0.2) is 5.65 Å². The smallest absolute Gasteiger partial charge is 0.240 e. The van der Waals surface area contributed by atoms with Gasteiger partial charge in [0.1, 0.15) is 16.6 Å². The number of benzene rings is 2. The Kier molecular flexibility index (Phi) is 5.19. The van der Waals surface area contributed by atoms with Gasteiger partial charge in [-0.2, -0.15) is 5.10 Å². The molecular formula is C23H21N5OS. The van der Waals surface area contributed by atoms with Crippen molar-refractivity contribution >= 4 is 28.7 Å². The van der Waals surface area contributed by atoms with E-state index in [1.165, 1.54) is 11.8 Å². The van der Waals surface area contributed by atoms with Crippen LogP contribution in [0, 0.1) is 0 Å². The zero-order valence-corrected chi connectivity index (χ0v) is 17.2. The standard InChI is InChI=1S/C23H21N5OS/c29-23(27-13-7-8-14-27)20(17-9-3-1-4-10-17)30-22-19-15-26-28(21(19)24-16-25-22)18-11-5-2-6-12-18/h1-6,9-12,15-16,20H,7-8,13-14H2/t20-/m1/s1. The highest BCUT2D eigenvalue weighted by Gasteiger charge is 2.30.